The second kappa shape index (κ2) is 10.4. The number of carbonyl (C=O) groups excluding carboxylic acids is 2. The molecule has 1 aromatic rings. The summed E-state index contributed by atoms with van der Waals surface area (Å²) in [5, 5.41) is 0. The molecule has 1 aromatic carbocycles. The first-order chi connectivity index (χ1) is 14.7. The molecule has 0 atom stereocenters. The zero-order valence-electron chi connectivity index (χ0n) is 19.4. The fraction of sp³-hybridized carbons (Fsp3) is 0.667. The van der Waals surface area contributed by atoms with Gasteiger partial charge in [-0.15, -0.1) is 0 Å². The van der Waals surface area contributed by atoms with E-state index in [9.17, 15) is 9.59 Å². The lowest BCUT2D eigenvalue weighted by molar-refractivity contribution is -0.137. The molecule has 0 unspecified atom stereocenters. The van der Waals surface area contributed by atoms with Crippen molar-refractivity contribution in [2.45, 2.75) is 52.2 Å². The van der Waals surface area contributed by atoms with Gasteiger partial charge in [-0.1, -0.05) is 12.1 Å². The number of carbonyl (C=O) groups is 2. The van der Waals surface area contributed by atoms with Crippen LogP contribution >= 0.6 is 0 Å². The monoisotopic (exact) mass is 431 g/mol. The fourth-order valence-electron chi connectivity index (χ4n) is 4.23. The van der Waals surface area contributed by atoms with Gasteiger partial charge in [0.05, 0.1) is 7.11 Å². The van der Waals surface area contributed by atoms with Gasteiger partial charge < -0.3 is 19.3 Å². The van der Waals surface area contributed by atoms with Gasteiger partial charge in [-0.2, -0.15) is 0 Å². The average molecular weight is 432 g/mol. The van der Waals surface area contributed by atoms with E-state index in [0.717, 1.165) is 44.9 Å². The number of piperidine rings is 1. The molecule has 2 heterocycles. The lowest BCUT2D eigenvalue weighted by Crippen LogP contribution is -2.46. The summed E-state index contributed by atoms with van der Waals surface area (Å²) in [6.45, 7) is 11.1. The second-order valence-electron chi connectivity index (χ2n) is 9.54. The maximum Gasteiger partial charge on any atom is 0.410 e. The van der Waals surface area contributed by atoms with Crippen LogP contribution in [-0.4, -0.2) is 78.7 Å². The molecule has 0 bridgehead atoms. The van der Waals surface area contributed by atoms with Crippen LogP contribution in [0.5, 0.6) is 5.75 Å². The molecule has 2 amide bonds. The molecule has 2 aliphatic rings. The fourth-order valence-corrected chi connectivity index (χ4v) is 4.23. The number of hydrogen-bond acceptors (Lipinski definition) is 5. The smallest absolute Gasteiger partial charge is 0.410 e. The summed E-state index contributed by atoms with van der Waals surface area (Å²) in [5.41, 5.74) is 0.767. The van der Waals surface area contributed by atoms with Crippen LogP contribution in [0.1, 0.15) is 45.6 Å². The summed E-state index contributed by atoms with van der Waals surface area (Å²) in [6.07, 6.45) is 2.13. The number of hydrogen-bond donors (Lipinski definition) is 0. The normalized spacial score (nSPS) is 19.1. The first-order valence-corrected chi connectivity index (χ1v) is 11.4. The van der Waals surface area contributed by atoms with Crippen molar-refractivity contribution in [3.63, 3.8) is 0 Å². The molecule has 0 N–H and O–H groups in total. The highest BCUT2D eigenvalue weighted by Crippen LogP contribution is 2.23. The SMILES string of the molecule is COc1ccc(CN2CCCN(C(=O)C3CCN(C(=O)OC(C)(C)C)CC3)CC2)cc1. The number of amides is 2. The van der Waals surface area contributed by atoms with Crippen LogP contribution in [0.4, 0.5) is 4.79 Å². The molecule has 0 aromatic heterocycles. The van der Waals surface area contributed by atoms with Crippen molar-refractivity contribution in [3.05, 3.63) is 29.8 Å². The van der Waals surface area contributed by atoms with Gasteiger partial charge in [-0.3, -0.25) is 9.69 Å². The zero-order valence-corrected chi connectivity index (χ0v) is 19.4. The summed E-state index contributed by atoms with van der Waals surface area (Å²) in [6, 6.07) is 8.19. The summed E-state index contributed by atoms with van der Waals surface area (Å²) in [4.78, 5) is 31.5. The van der Waals surface area contributed by atoms with Gasteiger partial charge in [0.15, 0.2) is 0 Å². The Hall–Kier alpha value is -2.28. The molecule has 2 saturated heterocycles. The Bertz CT molecular complexity index is 736. The van der Waals surface area contributed by atoms with Gasteiger partial charge >= 0.3 is 6.09 Å². The van der Waals surface area contributed by atoms with Crippen molar-refractivity contribution in [1.29, 1.82) is 0 Å². The number of likely N-dealkylation sites (tertiary alicyclic amines) is 1. The summed E-state index contributed by atoms with van der Waals surface area (Å²) >= 11 is 0. The molecular weight excluding hydrogens is 394 g/mol. The third-order valence-corrected chi connectivity index (χ3v) is 5.96. The molecule has 3 rings (SSSR count). The van der Waals surface area contributed by atoms with E-state index in [1.54, 1.807) is 12.0 Å². The van der Waals surface area contributed by atoms with E-state index in [1.165, 1.54) is 5.56 Å². The Labute approximate surface area is 186 Å². The van der Waals surface area contributed by atoms with Crippen molar-refractivity contribution in [2.24, 2.45) is 5.92 Å². The number of benzene rings is 1. The van der Waals surface area contributed by atoms with E-state index in [-0.39, 0.29) is 17.9 Å². The van der Waals surface area contributed by atoms with Crippen LogP contribution in [0.3, 0.4) is 0 Å². The maximum atomic E-state index is 13.1. The maximum absolute atomic E-state index is 13.1. The summed E-state index contributed by atoms with van der Waals surface area (Å²) in [7, 11) is 1.68. The predicted molar refractivity (Wildman–Crippen MR) is 120 cm³/mol. The Kier molecular flexibility index (Phi) is 7.81. The van der Waals surface area contributed by atoms with E-state index in [0.29, 0.717) is 25.9 Å². The lowest BCUT2D eigenvalue weighted by Gasteiger charge is -2.34. The van der Waals surface area contributed by atoms with E-state index in [1.807, 2.05) is 37.8 Å². The van der Waals surface area contributed by atoms with E-state index in [2.05, 4.69) is 17.0 Å². The first kappa shape index (κ1) is 23.4. The molecule has 0 saturated carbocycles. The zero-order chi connectivity index (χ0) is 22.4. The Morgan fingerprint density at radius 3 is 2.23 bits per heavy atom. The summed E-state index contributed by atoms with van der Waals surface area (Å²) < 4.78 is 10.7. The second-order valence-corrected chi connectivity index (χ2v) is 9.54. The highest BCUT2D eigenvalue weighted by atomic mass is 16.6. The summed E-state index contributed by atoms with van der Waals surface area (Å²) in [5.74, 6) is 1.12. The van der Waals surface area contributed by atoms with Gasteiger partial charge in [-0.25, -0.2) is 4.79 Å². The standard InChI is InChI=1S/C24H37N3O4/c1-24(2,3)31-23(29)27-14-10-20(11-15-27)22(28)26-13-5-12-25(16-17-26)18-19-6-8-21(30-4)9-7-19/h6-9,20H,5,10-18H2,1-4H3. The van der Waals surface area contributed by atoms with Gasteiger partial charge in [0, 0.05) is 51.7 Å². The third-order valence-electron chi connectivity index (χ3n) is 5.96. The molecule has 2 aliphatic heterocycles. The molecule has 31 heavy (non-hydrogen) atoms. The third kappa shape index (κ3) is 6.86. The highest BCUT2D eigenvalue weighted by Gasteiger charge is 2.32. The largest absolute Gasteiger partial charge is 0.497 e. The van der Waals surface area contributed by atoms with Crippen LogP contribution in [0.15, 0.2) is 24.3 Å². The van der Waals surface area contributed by atoms with Crippen LogP contribution in [-0.2, 0) is 16.1 Å². The van der Waals surface area contributed by atoms with Gasteiger partial charge in [-0.05, 0) is 57.7 Å². The van der Waals surface area contributed by atoms with Crippen LogP contribution in [0.25, 0.3) is 0 Å². The Morgan fingerprint density at radius 1 is 0.935 bits per heavy atom. The number of ether oxygens (including phenoxy) is 2. The number of methoxy groups -OCH3 is 1. The average Bonchev–Trinajstić information content (AvgIpc) is 2.98. The van der Waals surface area contributed by atoms with Crippen molar-refractivity contribution < 1.29 is 19.1 Å². The lowest BCUT2D eigenvalue weighted by atomic mass is 9.95. The van der Waals surface area contributed by atoms with Crippen molar-refractivity contribution in [2.75, 3.05) is 46.4 Å². The van der Waals surface area contributed by atoms with Gasteiger partial charge in [0.1, 0.15) is 11.4 Å². The van der Waals surface area contributed by atoms with Crippen LogP contribution in [0.2, 0.25) is 0 Å². The quantitative estimate of drug-likeness (QED) is 0.731. The first-order valence-electron chi connectivity index (χ1n) is 11.4. The molecule has 2 fully saturated rings. The van der Waals surface area contributed by atoms with Gasteiger partial charge in [0.25, 0.3) is 0 Å². The highest BCUT2D eigenvalue weighted by molar-refractivity contribution is 5.79. The minimum atomic E-state index is -0.493. The molecule has 172 valence electrons. The van der Waals surface area contributed by atoms with E-state index >= 15 is 0 Å². The minimum absolute atomic E-state index is 0.00632. The molecule has 0 aliphatic carbocycles. The topological polar surface area (TPSA) is 62.3 Å². The van der Waals surface area contributed by atoms with Crippen molar-refractivity contribution in [1.82, 2.24) is 14.7 Å². The number of nitrogens with zero attached hydrogens (tertiary/aromatic N) is 3. The van der Waals surface area contributed by atoms with E-state index in [4.69, 9.17) is 9.47 Å². The van der Waals surface area contributed by atoms with Crippen LogP contribution < -0.4 is 4.74 Å². The predicted octanol–water partition coefficient (Wildman–Crippen LogP) is 3.38. The Morgan fingerprint density at radius 2 is 1.61 bits per heavy atom. The van der Waals surface area contributed by atoms with Crippen molar-refractivity contribution in [3.8, 4) is 5.75 Å². The number of rotatable bonds is 4. The molecule has 7 nitrogen and oxygen atoms in total. The Balaban J connectivity index is 1.45. The van der Waals surface area contributed by atoms with E-state index < -0.39 is 5.60 Å². The molecular formula is C24H37N3O4. The molecule has 0 radical (unpaired) electrons. The minimum Gasteiger partial charge on any atom is -0.497 e. The van der Waals surface area contributed by atoms with Gasteiger partial charge in [0.2, 0.25) is 5.91 Å². The molecule has 7 heteroatoms. The van der Waals surface area contributed by atoms with Crippen molar-refractivity contribution >= 4 is 12.0 Å². The van der Waals surface area contributed by atoms with Crippen LogP contribution in [0, 0.1) is 5.92 Å². The molecule has 0 spiro atoms.